The first-order valence-corrected chi connectivity index (χ1v) is 6.24. The van der Waals surface area contributed by atoms with Crippen LogP contribution in [0.1, 0.15) is 5.56 Å². The summed E-state index contributed by atoms with van der Waals surface area (Å²) >= 11 is 0. The Morgan fingerprint density at radius 2 is 1.85 bits per heavy atom. The number of halogens is 1. The number of rotatable bonds is 1. The minimum Gasteiger partial charge on any atom is -0.385 e. The fourth-order valence-corrected chi connectivity index (χ4v) is 2.39. The van der Waals surface area contributed by atoms with E-state index in [1.807, 2.05) is 12.1 Å². The van der Waals surface area contributed by atoms with Crippen LogP contribution in [0.15, 0.2) is 53.3 Å². The highest BCUT2D eigenvalue weighted by Gasteiger charge is 2.10. The van der Waals surface area contributed by atoms with E-state index in [1.54, 1.807) is 31.2 Å². The van der Waals surface area contributed by atoms with Gasteiger partial charge in [-0.3, -0.25) is 9.36 Å². The number of nitrogen functional groups attached to an aromatic ring is 1. The molecular weight excluding hydrogens is 255 g/mol. The highest BCUT2D eigenvalue weighted by atomic mass is 19.1. The number of nitrogens with zero attached hydrogens (tertiary/aromatic N) is 1. The molecule has 0 aliphatic rings. The van der Waals surface area contributed by atoms with Crippen LogP contribution in [0, 0.1) is 12.7 Å². The van der Waals surface area contributed by atoms with E-state index >= 15 is 0 Å². The van der Waals surface area contributed by atoms with Gasteiger partial charge >= 0.3 is 0 Å². The molecule has 0 aliphatic heterocycles. The first-order chi connectivity index (χ1) is 9.56. The van der Waals surface area contributed by atoms with Gasteiger partial charge in [0.15, 0.2) is 0 Å². The molecule has 0 radical (unpaired) electrons. The maximum Gasteiger partial charge on any atom is 0.264 e. The van der Waals surface area contributed by atoms with Crippen LogP contribution in [0.3, 0.4) is 0 Å². The van der Waals surface area contributed by atoms with Crippen molar-refractivity contribution in [3.8, 4) is 5.69 Å². The summed E-state index contributed by atoms with van der Waals surface area (Å²) in [6.45, 7) is 1.77. The lowest BCUT2D eigenvalue weighted by atomic mass is 10.1. The number of benzene rings is 2. The Labute approximate surface area is 115 Å². The highest BCUT2D eigenvalue weighted by Crippen LogP contribution is 2.19. The molecule has 2 aromatic carbocycles. The molecule has 0 aliphatic carbocycles. The fraction of sp³-hybridized carbons (Fsp3) is 0.0625. The summed E-state index contributed by atoms with van der Waals surface area (Å²) in [6.07, 6.45) is 0. The smallest absolute Gasteiger partial charge is 0.264 e. The minimum atomic E-state index is -0.389. The predicted molar refractivity (Wildman–Crippen MR) is 78.7 cm³/mol. The molecule has 3 nitrogen and oxygen atoms in total. The van der Waals surface area contributed by atoms with Crippen LogP contribution in [0.2, 0.25) is 0 Å². The average Bonchev–Trinajstić information content (AvgIpc) is 2.37. The molecule has 20 heavy (non-hydrogen) atoms. The molecule has 0 bridgehead atoms. The van der Waals surface area contributed by atoms with E-state index in [2.05, 4.69) is 0 Å². The number of nitrogens with two attached hydrogens (primary N) is 1. The van der Waals surface area contributed by atoms with Crippen LogP contribution in [-0.2, 0) is 0 Å². The van der Waals surface area contributed by atoms with E-state index in [-0.39, 0.29) is 11.4 Å². The standard InChI is InChI=1S/C16H13FN2O/c1-10-6-12(17)9-13(7-10)19-15(18)8-11-4-2-3-5-14(11)16(19)20/h2-9H,18H2,1H3. The van der Waals surface area contributed by atoms with Gasteiger partial charge in [0.2, 0.25) is 0 Å². The first-order valence-electron chi connectivity index (χ1n) is 6.24. The predicted octanol–water partition coefficient (Wildman–Crippen LogP) is 3.02. The van der Waals surface area contributed by atoms with Crippen LogP contribution < -0.4 is 11.3 Å². The van der Waals surface area contributed by atoms with Gasteiger partial charge in [0.05, 0.1) is 5.69 Å². The molecule has 0 unspecified atom stereocenters. The van der Waals surface area contributed by atoms with Crippen molar-refractivity contribution in [1.29, 1.82) is 0 Å². The normalized spacial score (nSPS) is 10.9. The zero-order valence-corrected chi connectivity index (χ0v) is 10.9. The van der Waals surface area contributed by atoms with Crippen LogP contribution in [0.4, 0.5) is 10.2 Å². The number of hydrogen-bond donors (Lipinski definition) is 1. The summed E-state index contributed by atoms with van der Waals surface area (Å²) in [4.78, 5) is 12.5. The first kappa shape index (κ1) is 12.4. The zero-order valence-electron chi connectivity index (χ0n) is 10.9. The summed E-state index contributed by atoms with van der Waals surface area (Å²) in [5.74, 6) is -0.0989. The number of aryl methyl sites for hydroxylation is 1. The second-order valence-corrected chi connectivity index (χ2v) is 4.78. The molecule has 0 saturated carbocycles. The summed E-state index contributed by atoms with van der Waals surface area (Å²) in [5, 5.41) is 1.34. The van der Waals surface area contributed by atoms with Gasteiger partial charge in [-0.25, -0.2) is 4.39 Å². The summed E-state index contributed by atoms with van der Waals surface area (Å²) in [5.41, 5.74) is 6.89. The molecule has 100 valence electrons. The lowest BCUT2D eigenvalue weighted by Crippen LogP contribution is -2.21. The van der Waals surface area contributed by atoms with Gasteiger partial charge in [0, 0.05) is 5.39 Å². The average molecular weight is 268 g/mol. The number of anilines is 1. The Hall–Kier alpha value is -2.62. The van der Waals surface area contributed by atoms with Crippen molar-refractivity contribution in [3.63, 3.8) is 0 Å². The van der Waals surface area contributed by atoms with Crippen molar-refractivity contribution >= 4 is 16.6 Å². The van der Waals surface area contributed by atoms with E-state index in [4.69, 9.17) is 5.73 Å². The molecular formula is C16H13FN2O. The molecule has 0 atom stereocenters. The quantitative estimate of drug-likeness (QED) is 0.737. The van der Waals surface area contributed by atoms with E-state index in [1.165, 1.54) is 16.7 Å². The molecule has 3 rings (SSSR count). The maximum atomic E-state index is 13.5. The second kappa shape index (κ2) is 4.49. The highest BCUT2D eigenvalue weighted by molar-refractivity contribution is 5.84. The Morgan fingerprint density at radius 1 is 1.10 bits per heavy atom. The van der Waals surface area contributed by atoms with Crippen LogP contribution in [0.25, 0.3) is 16.5 Å². The van der Waals surface area contributed by atoms with E-state index < -0.39 is 0 Å². The third kappa shape index (κ3) is 1.95. The topological polar surface area (TPSA) is 48.0 Å². The monoisotopic (exact) mass is 268 g/mol. The largest absolute Gasteiger partial charge is 0.385 e. The van der Waals surface area contributed by atoms with Crippen LogP contribution in [-0.4, -0.2) is 4.57 Å². The summed E-state index contributed by atoms with van der Waals surface area (Å²) in [7, 11) is 0. The van der Waals surface area contributed by atoms with Crippen LogP contribution >= 0.6 is 0 Å². The van der Waals surface area contributed by atoms with Gasteiger partial charge < -0.3 is 5.73 Å². The van der Waals surface area contributed by atoms with Crippen LogP contribution in [0.5, 0.6) is 0 Å². The second-order valence-electron chi connectivity index (χ2n) is 4.78. The molecule has 0 saturated heterocycles. The van der Waals surface area contributed by atoms with Crippen molar-refractivity contribution in [2.45, 2.75) is 6.92 Å². The Morgan fingerprint density at radius 3 is 2.60 bits per heavy atom. The van der Waals surface area contributed by atoms with Crippen molar-refractivity contribution in [2.75, 3.05) is 5.73 Å². The molecule has 0 fully saturated rings. The third-order valence-corrected chi connectivity index (χ3v) is 3.24. The Bertz CT molecular complexity index is 848. The van der Waals surface area contributed by atoms with E-state index in [9.17, 15) is 9.18 Å². The van der Waals surface area contributed by atoms with Crippen molar-refractivity contribution < 1.29 is 4.39 Å². The number of aromatic nitrogens is 1. The van der Waals surface area contributed by atoms with Gasteiger partial charge in [-0.2, -0.15) is 0 Å². The SMILES string of the molecule is Cc1cc(F)cc(-n2c(N)cc3ccccc3c2=O)c1. The Balaban J connectivity index is 2.39. The minimum absolute atomic E-state index is 0.245. The molecule has 0 amide bonds. The van der Waals surface area contributed by atoms with Crippen molar-refractivity contribution in [3.05, 3.63) is 70.3 Å². The van der Waals surface area contributed by atoms with Gasteiger partial charge in [0.25, 0.3) is 5.56 Å². The molecule has 3 aromatic rings. The van der Waals surface area contributed by atoms with Gasteiger partial charge in [-0.1, -0.05) is 18.2 Å². The van der Waals surface area contributed by atoms with Gasteiger partial charge in [-0.15, -0.1) is 0 Å². The molecule has 4 heteroatoms. The number of hydrogen-bond acceptors (Lipinski definition) is 2. The van der Waals surface area contributed by atoms with Gasteiger partial charge in [-0.05, 0) is 48.2 Å². The van der Waals surface area contributed by atoms with E-state index in [0.717, 1.165) is 10.9 Å². The summed E-state index contributed by atoms with van der Waals surface area (Å²) < 4.78 is 14.9. The molecule has 1 heterocycles. The lowest BCUT2D eigenvalue weighted by Gasteiger charge is -2.12. The molecule has 0 spiro atoms. The zero-order chi connectivity index (χ0) is 14.3. The van der Waals surface area contributed by atoms with E-state index in [0.29, 0.717) is 16.9 Å². The lowest BCUT2D eigenvalue weighted by molar-refractivity contribution is 0.625. The molecule has 2 N–H and O–H groups in total. The van der Waals surface area contributed by atoms with Crippen molar-refractivity contribution in [2.24, 2.45) is 0 Å². The maximum absolute atomic E-state index is 13.5. The Kier molecular flexibility index (Phi) is 2.79. The number of pyridine rings is 1. The molecule has 1 aromatic heterocycles. The van der Waals surface area contributed by atoms with Crippen molar-refractivity contribution in [1.82, 2.24) is 4.57 Å². The fourth-order valence-electron chi connectivity index (χ4n) is 2.39. The summed E-state index contributed by atoms with van der Waals surface area (Å²) in [6, 6.07) is 13.4. The number of fused-ring (bicyclic) bond motifs is 1. The van der Waals surface area contributed by atoms with Gasteiger partial charge in [0.1, 0.15) is 11.6 Å². The third-order valence-electron chi connectivity index (χ3n) is 3.24.